The van der Waals surface area contributed by atoms with E-state index >= 15 is 0 Å². The highest BCUT2D eigenvalue weighted by molar-refractivity contribution is 6.99. The van der Waals surface area contributed by atoms with Gasteiger partial charge in [-0.1, -0.05) is 95.3 Å². The first kappa shape index (κ1) is 21.0. The van der Waals surface area contributed by atoms with E-state index < -0.39 is 8.32 Å². The molecular weight excluding hydrogens is 328 g/mol. The molecule has 2 rings (SSSR count). The van der Waals surface area contributed by atoms with Crippen LogP contribution in [0.3, 0.4) is 0 Å². The number of carbonyl (C=O) groups excluding carboxylic acids is 2. The fraction of sp³-hybridized carbons (Fsp3) is 0.381. The Hall–Kier alpha value is -2.00. The van der Waals surface area contributed by atoms with Crippen molar-refractivity contribution in [3.8, 4) is 0 Å². The first-order chi connectivity index (χ1) is 11.8. The highest BCUT2D eigenvalue weighted by Gasteiger charge is 2.50. The molecule has 134 valence electrons. The van der Waals surface area contributed by atoms with Crippen LogP contribution in [0.15, 0.2) is 60.7 Å². The maximum absolute atomic E-state index is 8.12. The van der Waals surface area contributed by atoms with E-state index in [0.29, 0.717) is 5.92 Å². The maximum atomic E-state index is 8.12. The molecule has 0 bridgehead atoms. The summed E-state index contributed by atoms with van der Waals surface area (Å²) in [6.07, 6.45) is 0.250. The summed E-state index contributed by atoms with van der Waals surface area (Å²) < 4.78 is 6.77. The molecule has 0 radical (unpaired) electrons. The minimum atomic E-state index is -2.31. The molecule has 0 N–H and O–H groups in total. The molecule has 2 aromatic carbocycles. The van der Waals surface area contributed by atoms with E-state index in [2.05, 4.69) is 95.3 Å². The van der Waals surface area contributed by atoms with E-state index in [4.69, 9.17) is 14.0 Å². The van der Waals surface area contributed by atoms with Crippen LogP contribution >= 0.6 is 0 Å². The summed E-state index contributed by atoms with van der Waals surface area (Å²) >= 11 is 0. The van der Waals surface area contributed by atoms with Crippen molar-refractivity contribution in [2.75, 3.05) is 6.61 Å². The molecule has 0 aromatic heterocycles. The third-order valence-corrected chi connectivity index (χ3v) is 9.05. The standard InChI is InChI=1S/C20H28OSi.CO2/c1-17(2)16-21-22(20(3,4)5,18-12-8-6-9-13-18)19-14-10-7-11-15-19;2-1-3/h6-15,17H,16H2,1-5H3;. The van der Waals surface area contributed by atoms with Crippen LogP contribution < -0.4 is 10.4 Å². The lowest BCUT2D eigenvalue weighted by Crippen LogP contribution is -2.66. The van der Waals surface area contributed by atoms with Crippen LogP contribution in [-0.2, 0) is 14.0 Å². The van der Waals surface area contributed by atoms with Gasteiger partial charge in [0.15, 0.2) is 0 Å². The first-order valence-corrected chi connectivity index (χ1v) is 10.4. The van der Waals surface area contributed by atoms with Gasteiger partial charge in [0.1, 0.15) is 0 Å². The smallest absolute Gasteiger partial charge is 0.373 e. The zero-order valence-electron chi connectivity index (χ0n) is 15.8. The van der Waals surface area contributed by atoms with Crippen LogP contribution in [-0.4, -0.2) is 21.1 Å². The fourth-order valence-corrected chi connectivity index (χ4v) is 7.79. The quantitative estimate of drug-likeness (QED) is 0.768. The van der Waals surface area contributed by atoms with Crippen LogP contribution in [0.25, 0.3) is 0 Å². The zero-order valence-corrected chi connectivity index (χ0v) is 16.8. The fourth-order valence-electron chi connectivity index (χ4n) is 3.05. The monoisotopic (exact) mass is 356 g/mol. The third-order valence-electron chi connectivity index (χ3n) is 4.05. The highest BCUT2D eigenvalue weighted by atomic mass is 28.4. The largest absolute Gasteiger partial charge is 0.407 e. The van der Waals surface area contributed by atoms with Gasteiger partial charge in [-0.15, -0.1) is 0 Å². The van der Waals surface area contributed by atoms with Crippen molar-refractivity contribution >= 4 is 24.8 Å². The first-order valence-electron chi connectivity index (χ1n) is 8.54. The molecule has 0 aliphatic rings. The van der Waals surface area contributed by atoms with Gasteiger partial charge in [0.05, 0.1) is 0 Å². The molecule has 2 aromatic rings. The molecule has 0 saturated heterocycles. The molecular formula is C21H28O3Si. The van der Waals surface area contributed by atoms with Gasteiger partial charge in [-0.05, 0) is 21.3 Å². The number of benzene rings is 2. The van der Waals surface area contributed by atoms with Crippen molar-refractivity contribution in [3.63, 3.8) is 0 Å². The van der Waals surface area contributed by atoms with Crippen molar-refractivity contribution in [2.45, 2.75) is 39.7 Å². The number of hydrogen-bond acceptors (Lipinski definition) is 3. The van der Waals surface area contributed by atoms with Gasteiger partial charge in [-0.2, -0.15) is 9.59 Å². The highest BCUT2D eigenvalue weighted by Crippen LogP contribution is 2.36. The van der Waals surface area contributed by atoms with Gasteiger partial charge in [0.25, 0.3) is 8.32 Å². The SMILES string of the molecule is CC(C)CO[Si](c1ccccc1)(c1ccccc1)C(C)(C)C.O=C=O. The van der Waals surface area contributed by atoms with E-state index in [1.54, 1.807) is 0 Å². The molecule has 0 heterocycles. The lowest BCUT2D eigenvalue weighted by molar-refractivity contribution is -0.191. The normalized spacial score (nSPS) is 11.4. The second-order valence-corrected chi connectivity index (χ2v) is 11.8. The molecule has 0 spiro atoms. The van der Waals surface area contributed by atoms with Crippen molar-refractivity contribution < 1.29 is 14.0 Å². The Morgan fingerprint density at radius 3 is 1.52 bits per heavy atom. The average molecular weight is 357 g/mol. The predicted molar refractivity (Wildman–Crippen MR) is 103 cm³/mol. The summed E-state index contributed by atoms with van der Waals surface area (Å²) in [6.45, 7) is 12.2. The summed E-state index contributed by atoms with van der Waals surface area (Å²) in [5.41, 5.74) is 0. The molecule has 0 aliphatic heterocycles. The summed E-state index contributed by atoms with van der Waals surface area (Å²) in [7, 11) is -2.31. The van der Waals surface area contributed by atoms with Crippen molar-refractivity contribution in [2.24, 2.45) is 5.92 Å². The van der Waals surface area contributed by atoms with Gasteiger partial charge in [0, 0.05) is 6.61 Å². The van der Waals surface area contributed by atoms with E-state index in [9.17, 15) is 0 Å². The molecule has 0 fully saturated rings. The van der Waals surface area contributed by atoms with Crippen LogP contribution in [0, 0.1) is 5.92 Å². The molecule has 0 amide bonds. The number of rotatable bonds is 5. The van der Waals surface area contributed by atoms with E-state index in [1.807, 2.05) is 0 Å². The molecule has 0 aliphatic carbocycles. The van der Waals surface area contributed by atoms with Crippen LogP contribution in [0.1, 0.15) is 34.6 Å². The maximum Gasteiger partial charge on any atom is 0.373 e. The van der Waals surface area contributed by atoms with Gasteiger partial charge in [-0.25, -0.2) is 0 Å². The number of hydrogen-bond donors (Lipinski definition) is 0. The van der Waals surface area contributed by atoms with Gasteiger partial charge in [0.2, 0.25) is 0 Å². The van der Waals surface area contributed by atoms with Crippen LogP contribution in [0.2, 0.25) is 5.04 Å². The Morgan fingerprint density at radius 1 is 0.880 bits per heavy atom. The molecule has 0 atom stereocenters. The molecule has 3 nitrogen and oxygen atoms in total. The Labute approximate surface area is 152 Å². The minimum absolute atomic E-state index is 0.0740. The van der Waals surface area contributed by atoms with Crippen molar-refractivity contribution in [3.05, 3.63) is 60.7 Å². The Kier molecular flexibility index (Phi) is 7.97. The molecule has 25 heavy (non-hydrogen) atoms. The van der Waals surface area contributed by atoms with Crippen LogP contribution in [0.5, 0.6) is 0 Å². The average Bonchev–Trinajstić information content (AvgIpc) is 2.57. The zero-order chi connectivity index (χ0) is 18.9. The lowest BCUT2D eigenvalue weighted by Gasteiger charge is -2.43. The van der Waals surface area contributed by atoms with E-state index in [0.717, 1.165) is 6.61 Å². The summed E-state index contributed by atoms with van der Waals surface area (Å²) in [6, 6.07) is 21.6. The van der Waals surface area contributed by atoms with Gasteiger partial charge >= 0.3 is 6.15 Å². The molecule has 0 saturated carbocycles. The summed E-state index contributed by atoms with van der Waals surface area (Å²) in [5.74, 6) is 0.529. The van der Waals surface area contributed by atoms with Crippen molar-refractivity contribution in [1.82, 2.24) is 0 Å². The minimum Gasteiger partial charge on any atom is -0.407 e. The van der Waals surface area contributed by atoms with Crippen molar-refractivity contribution in [1.29, 1.82) is 0 Å². The van der Waals surface area contributed by atoms with E-state index in [-0.39, 0.29) is 11.2 Å². The molecule has 4 heteroatoms. The van der Waals surface area contributed by atoms with Gasteiger partial charge < -0.3 is 4.43 Å². The Balaban J connectivity index is 0.000000970. The Morgan fingerprint density at radius 2 is 1.24 bits per heavy atom. The topological polar surface area (TPSA) is 43.4 Å². The third kappa shape index (κ3) is 5.23. The Bertz CT molecular complexity index is 615. The summed E-state index contributed by atoms with van der Waals surface area (Å²) in [5, 5.41) is 2.79. The van der Waals surface area contributed by atoms with Crippen LogP contribution in [0.4, 0.5) is 0 Å². The predicted octanol–water partition coefficient (Wildman–Crippen LogP) is 3.64. The second-order valence-electron chi connectivity index (χ2n) is 7.45. The van der Waals surface area contributed by atoms with Gasteiger partial charge in [-0.3, -0.25) is 0 Å². The summed E-state index contributed by atoms with van der Waals surface area (Å²) in [4.78, 5) is 16.2. The van der Waals surface area contributed by atoms with E-state index in [1.165, 1.54) is 10.4 Å². The lowest BCUT2D eigenvalue weighted by atomic mass is 10.2. The second kappa shape index (κ2) is 9.47. The molecule has 0 unspecified atom stereocenters.